The van der Waals surface area contributed by atoms with Gasteiger partial charge in [-0.2, -0.15) is 0 Å². The summed E-state index contributed by atoms with van der Waals surface area (Å²) in [5.74, 6) is 0. The predicted octanol–water partition coefficient (Wildman–Crippen LogP) is 1.71. The van der Waals surface area contributed by atoms with Crippen molar-refractivity contribution in [2.75, 3.05) is 5.73 Å². The zero-order chi connectivity index (χ0) is 15.9. The lowest BCUT2D eigenvalue weighted by molar-refractivity contribution is 0.00638. The number of sulfonamides is 1. The van der Waals surface area contributed by atoms with Gasteiger partial charge in [0, 0.05) is 5.69 Å². The van der Waals surface area contributed by atoms with Crippen LogP contribution >= 0.6 is 0 Å². The molecule has 0 radical (unpaired) electrons. The molecule has 0 atom stereocenters. The van der Waals surface area contributed by atoms with Gasteiger partial charge >= 0.3 is 0 Å². The molecule has 0 saturated carbocycles. The Kier molecular flexibility index (Phi) is 4.25. The Hall–Kier alpha value is -1.11. The van der Waals surface area contributed by atoms with E-state index in [1.165, 1.54) is 0 Å². The number of nitrogens with two attached hydrogens (primary N) is 1. The molecule has 4 N–H and O–H groups in total. The van der Waals surface area contributed by atoms with Crippen molar-refractivity contribution in [3.05, 3.63) is 23.3 Å². The Balaban J connectivity index is 3.33. The van der Waals surface area contributed by atoms with Gasteiger partial charge in [-0.3, -0.25) is 0 Å². The van der Waals surface area contributed by atoms with Gasteiger partial charge in [-0.15, -0.1) is 0 Å². The molecule has 6 heteroatoms. The Morgan fingerprint density at radius 1 is 1.15 bits per heavy atom. The van der Waals surface area contributed by atoms with Crippen LogP contribution in [0.4, 0.5) is 5.69 Å². The van der Waals surface area contributed by atoms with Crippen LogP contribution in [0.5, 0.6) is 0 Å². The van der Waals surface area contributed by atoms with E-state index in [0.717, 1.165) is 5.56 Å². The summed E-state index contributed by atoms with van der Waals surface area (Å²) in [5.41, 5.74) is 5.32. The number of benzene rings is 1. The molecule has 5 nitrogen and oxygen atoms in total. The van der Waals surface area contributed by atoms with E-state index < -0.39 is 21.2 Å². The second-order valence-electron chi connectivity index (χ2n) is 6.27. The molecule has 0 aromatic heterocycles. The number of rotatable bonds is 4. The second-order valence-corrected chi connectivity index (χ2v) is 7.92. The van der Waals surface area contributed by atoms with E-state index in [9.17, 15) is 13.5 Å². The van der Waals surface area contributed by atoms with Gasteiger partial charge in [0.25, 0.3) is 0 Å². The summed E-state index contributed by atoms with van der Waals surface area (Å²) in [7, 11) is -3.77. The van der Waals surface area contributed by atoms with Crippen LogP contribution in [0.15, 0.2) is 17.0 Å². The van der Waals surface area contributed by atoms with Gasteiger partial charge in [0.15, 0.2) is 0 Å². The largest absolute Gasteiger partial charge is 0.398 e. The van der Waals surface area contributed by atoms with Crippen molar-refractivity contribution in [1.82, 2.24) is 4.72 Å². The number of anilines is 1. The maximum absolute atomic E-state index is 12.5. The highest BCUT2D eigenvalue weighted by Gasteiger charge is 2.39. The zero-order valence-corrected chi connectivity index (χ0v) is 13.7. The third-order valence-corrected chi connectivity index (χ3v) is 5.54. The van der Waals surface area contributed by atoms with E-state index in [1.54, 1.807) is 53.7 Å². The molecule has 0 unspecified atom stereocenters. The molecule has 0 aliphatic heterocycles. The molecule has 20 heavy (non-hydrogen) atoms. The quantitative estimate of drug-likeness (QED) is 0.738. The van der Waals surface area contributed by atoms with Crippen molar-refractivity contribution in [1.29, 1.82) is 0 Å². The molecule has 1 aromatic rings. The maximum Gasteiger partial charge on any atom is 0.241 e. The molecule has 1 rings (SSSR count). The number of hydrogen-bond donors (Lipinski definition) is 3. The standard InChI is InChI=1S/C14H24N2O3S/c1-9-7-11(15)10(2)12(8-9)20(18,19)16-13(3,4)14(5,6)17/h7-8,16-17H,15H2,1-6H3. The average Bonchev–Trinajstić information content (AvgIpc) is 2.19. The molecular weight excluding hydrogens is 276 g/mol. The molecular formula is C14H24N2O3S. The normalized spacial score (nSPS) is 13.6. The summed E-state index contributed by atoms with van der Waals surface area (Å²) < 4.78 is 27.6. The highest BCUT2D eigenvalue weighted by atomic mass is 32.2. The lowest BCUT2D eigenvalue weighted by Gasteiger charge is -2.37. The first kappa shape index (κ1) is 16.9. The van der Waals surface area contributed by atoms with Gasteiger partial charge in [0.2, 0.25) is 10.0 Å². The Morgan fingerprint density at radius 2 is 1.65 bits per heavy atom. The lowest BCUT2D eigenvalue weighted by atomic mass is 9.87. The Bertz CT molecular complexity index is 614. The van der Waals surface area contributed by atoms with E-state index in [4.69, 9.17) is 5.73 Å². The van der Waals surface area contributed by atoms with Crippen molar-refractivity contribution in [3.8, 4) is 0 Å². The van der Waals surface area contributed by atoms with Crippen molar-refractivity contribution in [2.45, 2.75) is 57.6 Å². The van der Waals surface area contributed by atoms with Crippen molar-refractivity contribution in [2.24, 2.45) is 0 Å². The summed E-state index contributed by atoms with van der Waals surface area (Å²) in [5, 5.41) is 10.1. The minimum Gasteiger partial charge on any atom is -0.398 e. The fourth-order valence-electron chi connectivity index (χ4n) is 1.65. The summed E-state index contributed by atoms with van der Waals surface area (Å²) in [6, 6.07) is 3.31. The van der Waals surface area contributed by atoms with Crippen molar-refractivity contribution < 1.29 is 13.5 Å². The zero-order valence-electron chi connectivity index (χ0n) is 12.9. The van der Waals surface area contributed by atoms with Crippen LogP contribution < -0.4 is 10.5 Å². The number of aryl methyl sites for hydroxylation is 1. The third kappa shape index (κ3) is 3.31. The first-order valence-electron chi connectivity index (χ1n) is 6.41. The number of hydrogen-bond acceptors (Lipinski definition) is 4. The molecule has 0 bridgehead atoms. The van der Waals surface area contributed by atoms with Gasteiger partial charge < -0.3 is 10.8 Å². The van der Waals surface area contributed by atoms with E-state index in [-0.39, 0.29) is 4.90 Å². The minimum absolute atomic E-state index is 0.146. The monoisotopic (exact) mass is 300 g/mol. The molecule has 0 aliphatic rings. The lowest BCUT2D eigenvalue weighted by Crippen LogP contribution is -2.57. The van der Waals surface area contributed by atoms with E-state index in [0.29, 0.717) is 11.3 Å². The molecule has 1 aromatic carbocycles. The molecule has 0 amide bonds. The summed E-state index contributed by atoms with van der Waals surface area (Å²) >= 11 is 0. The predicted molar refractivity (Wildman–Crippen MR) is 81.0 cm³/mol. The van der Waals surface area contributed by atoms with Crippen LogP contribution in [-0.2, 0) is 10.0 Å². The smallest absolute Gasteiger partial charge is 0.241 e. The van der Waals surface area contributed by atoms with Gasteiger partial charge in [-0.05, 0) is 64.8 Å². The molecule has 114 valence electrons. The SMILES string of the molecule is Cc1cc(N)c(C)c(S(=O)(=O)NC(C)(C)C(C)(C)O)c1. The van der Waals surface area contributed by atoms with Crippen LogP contribution in [0.2, 0.25) is 0 Å². The van der Waals surface area contributed by atoms with E-state index in [2.05, 4.69) is 4.72 Å². The molecule has 0 spiro atoms. The van der Waals surface area contributed by atoms with Crippen LogP contribution in [-0.4, -0.2) is 24.7 Å². The fourth-order valence-corrected chi connectivity index (χ4v) is 3.54. The first-order chi connectivity index (χ1) is 8.78. The molecule has 0 heterocycles. The minimum atomic E-state index is -3.77. The molecule has 0 fully saturated rings. The van der Waals surface area contributed by atoms with Gasteiger partial charge in [-0.1, -0.05) is 0 Å². The first-order valence-corrected chi connectivity index (χ1v) is 7.89. The third-order valence-electron chi connectivity index (χ3n) is 3.75. The van der Waals surface area contributed by atoms with Gasteiger partial charge in [-0.25, -0.2) is 13.1 Å². The highest BCUT2D eigenvalue weighted by molar-refractivity contribution is 7.89. The maximum atomic E-state index is 12.5. The summed E-state index contributed by atoms with van der Waals surface area (Å²) in [6.07, 6.45) is 0. The van der Waals surface area contributed by atoms with Crippen LogP contribution in [0, 0.1) is 13.8 Å². The topological polar surface area (TPSA) is 92.4 Å². The Morgan fingerprint density at radius 3 is 2.10 bits per heavy atom. The molecule has 0 saturated heterocycles. The van der Waals surface area contributed by atoms with Crippen LogP contribution in [0.3, 0.4) is 0 Å². The van der Waals surface area contributed by atoms with Gasteiger partial charge in [0.05, 0.1) is 16.0 Å². The van der Waals surface area contributed by atoms with Crippen LogP contribution in [0.25, 0.3) is 0 Å². The Labute approximate surface area is 121 Å². The number of nitrogens with one attached hydrogen (secondary N) is 1. The van der Waals surface area contributed by atoms with Crippen molar-refractivity contribution in [3.63, 3.8) is 0 Å². The van der Waals surface area contributed by atoms with E-state index in [1.807, 2.05) is 0 Å². The van der Waals surface area contributed by atoms with E-state index >= 15 is 0 Å². The van der Waals surface area contributed by atoms with Crippen molar-refractivity contribution >= 4 is 15.7 Å². The van der Waals surface area contributed by atoms with Gasteiger partial charge in [0.1, 0.15) is 0 Å². The number of aliphatic hydroxyl groups is 1. The summed E-state index contributed by atoms with van der Waals surface area (Å²) in [4.78, 5) is 0.146. The van der Waals surface area contributed by atoms with Crippen LogP contribution in [0.1, 0.15) is 38.8 Å². The molecule has 0 aliphatic carbocycles. The fraction of sp³-hybridized carbons (Fsp3) is 0.571. The second kappa shape index (κ2) is 5.02. The summed E-state index contributed by atoms with van der Waals surface area (Å²) in [6.45, 7) is 9.86. The number of nitrogen functional groups attached to an aromatic ring is 1. The average molecular weight is 300 g/mol. The highest BCUT2D eigenvalue weighted by Crippen LogP contribution is 2.27.